The minimum atomic E-state index is -3.28. The Kier molecular flexibility index (Phi) is 2.86. The molecule has 0 atom stereocenters. The zero-order valence-corrected chi connectivity index (χ0v) is 10.8. The molecule has 0 bridgehead atoms. The van der Waals surface area contributed by atoms with Crippen LogP contribution < -0.4 is 0 Å². The number of hydrogen-bond donors (Lipinski definition) is 1. The quantitative estimate of drug-likeness (QED) is 0.925. The van der Waals surface area contributed by atoms with Gasteiger partial charge in [0.15, 0.2) is 14.9 Å². The Balaban J connectivity index is 2.58. The van der Waals surface area contributed by atoms with Gasteiger partial charge in [0.2, 0.25) is 0 Å². The van der Waals surface area contributed by atoms with Crippen LogP contribution in [-0.4, -0.2) is 24.9 Å². The first-order chi connectivity index (χ1) is 7.48. The summed E-state index contributed by atoms with van der Waals surface area (Å²) in [5, 5.41) is 6.43. The van der Waals surface area contributed by atoms with E-state index in [1.165, 1.54) is 6.20 Å². The molecule has 0 aliphatic rings. The SMILES string of the molecule is CS(=O)(=O)c1[nH]ncc1-c1ccc(Br)cc1. The molecule has 0 saturated carbocycles. The summed E-state index contributed by atoms with van der Waals surface area (Å²) >= 11 is 3.33. The van der Waals surface area contributed by atoms with E-state index in [9.17, 15) is 8.42 Å². The normalized spacial score (nSPS) is 11.6. The van der Waals surface area contributed by atoms with Crippen molar-refractivity contribution in [3.8, 4) is 11.1 Å². The van der Waals surface area contributed by atoms with Crippen molar-refractivity contribution in [1.29, 1.82) is 0 Å². The van der Waals surface area contributed by atoms with Crippen LogP contribution in [-0.2, 0) is 9.84 Å². The molecule has 0 aliphatic heterocycles. The predicted octanol–water partition coefficient (Wildman–Crippen LogP) is 2.24. The summed E-state index contributed by atoms with van der Waals surface area (Å²) in [4.78, 5) is 0. The summed E-state index contributed by atoms with van der Waals surface area (Å²) in [6, 6.07) is 7.38. The first-order valence-corrected chi connectivity index (χ1v) is 7.16. The molecule has 0 fully saturated rings. The summed E-state index contributed by atoms with van der Waals surface area (Å²) in [6.45, 7) is 0. The molecule has 0 radical (unpaired) electrons. The lowest BCUT2D eigenvalue weighted by Gasteiger charge is -2.01. The number of nitrogens with one attached hydrogen (secondary N) is 1. The lowest BCUT2D eigenvalue weighted by molar-refractivity contribution is 0.598. The number of H-pyrrole nitrogens is 1. The van der Waals surface area contributed by atoms with Crippen molar-refractivity contribution >= 4 is 25.8 Å². The molecular weight excluding hydrogens is 292 g/mol. The minimum absolute atomic E-state index is 0.148. The molecule has 16 heavy (non-hydrogen) atoms. The van der Waals surface area contributed by atoms with Crippen molar-refractivity contribution < 1.29 is 8.42 Å². The zero-order chi connectivity index (χ0) is 11.8. The van der Waals surface area contributed by atoms with Crippen molar-refractivity contribution in [3.05, 3.63) is 34.9 Å². The van der Waals surface area contributed by atoms with E-state index in [0.717, 1.165) is 16.3 Å². The second kappa shape index (κ2) is 4.03. The third-order valence-corrected chi connectivity index (χ3v) is 3.71. The van der Waals surface area contributed by atoms with E-state index in [4.69, 9.17) is 0 Å². The van der Waals surface area contributed by atoms with E-state index in [1.807, 2.05) is 24.3 Å². The average Bonchev–Trinajstić information content (AvgIpc) is 2.66. The highest BCUT2D eigenvalue weighted by atomic mass is 79.9. The summed E-state index contributed by atoms with van der Waals surface area (Å²) < 4.78 is 23.9. The van der Waals surface area contributed by atoms with Gasteiger partial charge >= 0.3 is 0 Å². The van der Waals surface area contributed by atoms with Crippen LogP contribution in [0.25, 0.3) is 11.1 Å². The van der Waals surface area contributed by atoms with Crippen LogP contribution in [0.2, 0.25) is 0 Å². The summed E-state index contributed by atoms with van der Waals surface area (Å²) in [5.74, 6) is 0. The highest BCUT2D eigenvalue weighted by molar-refractivity contribution is 9.10. The van der Waals surface area contributed by atoms with Gasteiger partial charge in [0.1, 0.15) is 0 Å². The Bertz CT molecular complexity index is 602. The third kappa shape index (κ3) is 2.17. The number of aromatic amines is 1. The minimum Gasteiger partial charge on any atom is -0.267 e. The Morgan fingerprint density at radius 1 is 1.25 bits per heavy atom. The van der Waals surface area contributed by atoms with Gasteiger partial charge in [-0.15, -0.1) is 0 Å². The van der Waals surface area contributed by atoms with Crippen LogP contribution in [0.4, 0.5) is 0 Å². The van der Waals surface area contributed by atoms with Crippen molar-refractivity contribution in [2.24, 2.45) is 0 Å². The van der Waals surface area contributed by atoms with E-state index in [-0.39, 0.29) is 5.03 Å². The molecule has 6 heteroatoms. The largest absolute Gasteiger partial charge is 0.267 e. The third-order valence-electron chi connectivity index (χ3n) is 2.13. The molecule has 4 nitrogen and oxygen atoms in total. The van der Waals surface area contributed by atoms with Crippen molar-refractivity contribution in [1.82, 2.24) is 10.2 Å². The number of rotatable bonds is 2. The highest BCUT2D eigenvalue weighted by Gasteiger charge is 2.16. The van der Waals surface area contributed by atoms with E-state index in [1.54, 1.807) is 0 Å². The average molecular weight is 301 g/mol. The van der Waals surface area contributed by atoms with Gasteiger partial charge < -0.3 is 0 Å². The summed E-state index contributed by atoms with van der Waals surface area (Å²) in [5.41, 5.74) is 1.41. The van der Waals surface area contributed by atoms with Gasteiger partial charge in [0.25, 0.3) is 0 Å². The number of halogens is 1. The molecule has 0 aliphatic carbocycles. The van der Waals surface area contributed by atoms with Gasteiger partial charge in [-0.2, -0.15) is 5.10 Å². The van der Waals surface area contributed by atoms with Crippen LogP contribution in [0.15, 0.2) is 40.0 Å². The van der Waals surface area contributed by atoms with Crippen molar-refractivity contribution in [3.63, 3.8) is 0 Å². The summed E-state index contributed by atoms with van der Waals surface area (Å²) in [7, 11) is -3.28. The fraction of sp³-hybridized carbons (Fsp3) is 0.100. The molecule has 1 heterocycles. The standard InChI is InChI=1S/C10H9BrN2O2S/c1-16(14,15)10-9(6-12-13-10)7-2-4-8(11)5-3-7/h2-6H,1H3,(H,12,13). The first-order valence-electron chi connectivity index (χ1n) is 4.48. The fourth-order valence-electron chi connectivity index (χ4n) is 1.39. The van der Waals surface area contributed by atoms with Crippen molar-refractivity contribution in [2.45, 2.75) is 5.03 Å². The molecule has 0 amide bonds. The van der Waals surface area contributed by atoms with Crippen LogP contribution in [0.5, 0.6) is 0 Å². The Hall–Kier alpha value is -1.14. The van der Waals surface area contributed by atoms with E-state index in [2.05, 4.69) is 26.1 Å². The lowest BCUT2D eigenvalue weighted by atomic mass is 10.1. The maximum Gasteiger partial charge on any atom is 0.192 e. The number of sulfone groups is 1. The smallest absolute Gasteiger partial charge is 0.192 e. The molecular formula is C10H9BrN2O2S. The molecule has 2 rings (SSSR count). The monoisotopic (exact) mass is 300 g/mol. The zero-order valence-electron chi connectivity index (χ0n) is 8.44. The van der Waals surface area contributed by atoms with Gasteiger partial charge in [-0.3, -0.25) is 5.10 Å². The maximum absolute atomic E-state index is 11.5. The van der Waals surface area contributed by atoms with Crippen LogP contribution in [0, 0.1) is 0 Å². The first kappa shape index (κ1) is 11.3. The van der Waals surface area contributed by atoms with Gasteiger partial charge in [-0.05, 0) is 17.7 Å². The Labute approximate surface area is 102 Å². The molecule has 0 spiro atoms. The molecule has 1 N–H and O–H groups in total. The molecule has 0 saturated heterocycles. The Morgan fingerprint density at radius 2 is 1.88 bits per heavy atom. The molecule has 0 unspecified atom stereocenters. The maximum atomic E-state index is 11.5. The molecule has 2 aromatic rings. The fourth-order valence-corrected chi connectivity index (χ4v) is 2.44. The summed E-state index contributed by atoms with van der Waals surface area (Å²) in [6.07, 6.45) is 2.67. The van der Waals surface area contributed by atoms with Crippen LogP contribution in [0.1, 0.15) is 0 Å². The molecule has 1 aromatic carbocycles. The molecule has 84 valence electrons. The number of aromatic nitrogens is 2. The van der Waals surface area contributed by atoms with Crippen LogP contribution in [0.3, 0.4) is 0 Å². The van der Waals surface area contributed by atoms with E-state index >= 15 is 0 Å². The van der Waals surface area contributed by atoms with Gasteiger partial charge in [0.05, 0.1) is 6.20 Å². The number of benzene rings is 1. The van der Waals surface area contributed by atoms with E-state index < -0.39 is 9.84 Å². The van der Waals surface area contributed by atoms with Gasteiger partial charge in [-0.25, -0.2) is 8.42 Å². The van der Waals surface area contributed by atoms with Gasteiger partial charge in [0, 0.05) is 16.3 Å². The Morgan fingerprint density at radius 3 is 2.44 bits per heavy atom. The second-order valence-electron chi connectivity index (χ2n) is 3.39. The topological polar surface area (TPSA) is 62.8 Å². The molecule has 1 aromatic heterocycles. The lowest BCUT2D eigenvalue weighted by Crippen LogP contribution is -1.99. The van der Waals surface area contributed by atoms with Crippen molar-refractivity contribution in [2.75, 3.05) is 6.26 Å². The highest BCUT2D eigenvalue weighted by Crippen LogP contribution is 2.26. The van der Waals surface area contributed by atoms with Gasteiger partial charge in [-0.1, -0.05) is 28.1 Å². The number of hydrogen-bond acceptors (Lipinski definition) is 3. The van der Waals surface area contributed by atoms with Crippen LogP contribution >= 0.6 is 15.9 Å². The van der Waals surface area contributed by atoms with E-state index in [0.29, 0.717) is 5.56 Å². The predicted molar refractivity (Wildman–Crippen MR) is 64.8 cm³/mol. The second-order valence-corrected chi connectivity index (χ2v) is 6.26. The number of nitrogens with zero attached hydrogens (tertiary/aromatic N) is 1.